The van der Waals surface area contributed by atoms with E-state index in [1.807, 2.05) is 36.4 Å². The van der Waals surface area contributed by atoms with Gasteiger partial charge in [-0.05, 0) is 29.7 Å². The Hall–Kier alpha value is -2.03. The van der Waals surface area contributed by atoms with E-state index < -0.39 is 0 Å². The molecule has 3 nitrogen and oxygen atoms in total. The van der Waals surface area contributed by atoms with Gasteiger partial charge in [-0.25, -0.2) is 4.98 Å². The van der Waals surface area contributed by atoms with Crippen LogP contribution < -0.4 is 9.47 Å². The lowest BCUT2D eigenvalue weighted by atomic mass is 9.86. The van der Waals surface area contributed by atoms with Crippen LogP contribution in [0.25, 0.3) is 0 Å². The van der Waals surface area contributed by atoms with Crippen molar-refractivity contribution in [1.82, 2.24) is 4.98 Å². The number of hydrogen-bond donors (Lipinski definition) is 0. The number of pyridine rings is 1. The molecule has 0 bridgehead atoms. The molecule has 1 aromatic carbocycles. The molecule has 0 saturated heterocycles. The lowest BCUT2D eigenvalue weighted by molar-refractivity contribution is 0.394. The maximum absolute atomic E-state index is 5.75. The number of ether oxygens (including phenoxy) is 2. The first-order valence-electron chi connectivity index (χ1n) is 6.28. The first kappa shape index (κ1) is 13.4. The van der Waals surface area contributed by atoms with Gasteiger partial charge in [0.1, 0.15) is 11.5 Å². The molecule has 0 radical (unpaired) electrons. The molecule has 0 aliphatic rings. The van der Waals surface area contributed by atoms with Crippen LogP contribution in [-0.2, 0) is 5.41 Å². The Morgan fingerprint density at radius 2 is 1.84 bits per heavy atom. The number of aromatic nitrogens is 1. The fraction of sp³-hybridized carbons (Fsp3) is 0.312. The van der Waals surface area contributed by atoms with Crippen LogP contribution in [-0.4, -0.2) is 12.1 Å². The van der Waals surface area contributed by atoms with Crippen LogP contribution in [0, 0.1) is 0 Å². The van der Waals surface area contributed by atoms with Crippen molar-refractivity contribution < 1.29 is 9.47 Å². The summed E-state index contributed by atoms with van der Waals surface area (Å²) in [5, 5.41) is 0. The third-order valence-electron chi connectivity index (χ3n) is 2.84. The van der Waals surface area contributed by atoms with Crippen molar-refractivity contribution in [2.24, 2.45) is 0 Å². The molecule has 0 saturated carbocycles. The molecule has 2 rings (SSSR count). The van der Waals surface area contributed by atoms with Gasteiger partial charge in [-0.3, -0.25) is 0 Å². The molecule has 3 heteroatoms. The van der Waals surface area contributed by atoms with Crippen LogP contribution in [0.15, 0.2) is 42.6 Å². The number of benzene rings is 1. The zero-order valence-corrected chi connectivity index (χ0v) is 11.8. The molecule has 0 spiro atoms. The van der Waals surface area contributed by atoms with Gasteiger partial charge in [-0.2, -0.15) is 0 Å². The van der Waals surface area contributed by atoms with Crippen LogP contribution in [0.4, 0.5) is 0 Å². The summed E-state index contributed by atoms with van der Waals surface area (Å²) in [7, 11) is 1.68. The average Bonchev–Trinajstić information content (AvgIpc) is 2.39. The smallest absolute Gasteiger partial charge is 0.219 e. The minimum atomic E-state index is -0.00513. The lowest BCUT2D eigenvalue weighted by Crippen LogP contribution is -2.12. The second kappa shape index (κ2) is 5.31. The van der Waals surface area contributed by atoms with Crippen molar-refractivity contribution in [3.63, 3.8) is 0 Å². The van der Waals surface area contributed by atoms with Crippen molar-refractivity contribution in [3.05, 3.63) is 48.2 Å². The second-order valence-electron chi connectivity index (χ2n) is 5.38. The molecule has 1 heterocycles. The highest BCUT2D eigenvalue weighted by Gasteiger charge is 2.19. The Kier molecular flexibility index (Phi) is 3.74. The molecule has 0 aliphatic carbocycles. The van der Waals surface area contributed by atoms with Gasteiger partial charge in [0, 0.05) is 17.8 Å². The van der Waals surface area contributed by atoms with Gasteiger partial charge in [-0.15, -0.1) is 0 Å². The highest BCUT2D eigenvalue weighted by Crippen LogP contribution is 2.35. The van der Waals surface area contributed by atoms with Gasteiger partial charge in [0.15, 0.2) is 0 Å². The summed E-state index contributed by atoms with van der Waals surface area (Å²) in [6.07, 6.45) is 1.71. The SMILES string of the molecule is COc1ccc(Oc2ccccn2)cc1C(C)(C)C. The molecule has 19 heavy (non-hydrogen) atoms. The van der Waals surface area contributed by atoms with E-state index in [0.717, 1.165) is 17.1 Å². The maximum atomic E-state index is 5.75. The molecule has 2 aromatic rings. The second-order valence-corrected chi connectivity index (χ2v) is 5.38. The fourth-order valence-corrected chi connectivity index (χ4v) is 1.86. The van der Waals surface area contributed by atoms with Gasteiger partial charge < -0.3 is 9.47 Å². The summed E-state index contributed by atoms with van der Waals surface area (Å²) < 4.78 is 11.2. The maximum Gasteiger partial charge on any atom is 0.219 e. The van der Waals surface area contributed by atoms with E-state index in [2.05, 4.69) is 25.8 Å². The largest absolute Gasteiger partial charge is 0.496 e. The van der Waals surface area contributed by atoms with Crippen molar-refractivity contribution in [1.29, 1.82) is 0 Å². The predicted molar refractivity (Wildman–Crippen MR) is 76.0 cm³/mol. The average molecular weight is 257 g/mol. The molecule has 0 unspecified atom stereocenters. The summed E-state index contributed by atoms with van der Waals surface area (Å²) in [6, 6.07) is 11.4. The summed E-state index contributed by atoms with van der Waals surface area (Å²) >= 11 is 0. The first-order chi connectivity index (χ1) is 9.00. The molecule has 0 N–H and O–H groups in total. The molecular formula is C16H19NO2. The number of rotatable bonds is 3. The summed E-state index contributed by atoms with van der Waals surface area (Å²) in [5.41, 5.74) is 1.11. The topological polar surface area (TPSA) is 31.4 Å². The zero-order chi connectivity index (χ0) is 13.9. The van der Waals surface area contributed by atoms with Crippen LogP contribution in [0.2, 0.25) is 0 Å². The molecule has 100 valence electrons. The van der Waals surface area contributed by atoms with E-state index in [1.165, 1.54) is 0 Å². The van der Waals surface area contributed by atoms with E-state index in [9.17, 15) is 0 Å². The quantitative estimate of drug-likeness (QED) is 0.826. The van der Waals surface area contributed by atoms with Gasteiger partial charge >= 0.3 is 0 Å². The zero-order valence-electron chi connectivity index (χ0n) is 11.8. The third-order valence-corrected chi connectivity index (χ3v) is 2.84. The standard InChI is InChI=1S/C16H19NO2/c1-16(2,3)13-11-12(8-9-14(13)18-4)19-15-7-5-6-10-17-15/h5-11H,1-4H3. The number of hydrogen-bond acceptors (Lipinski definition) is 3. The summed E-state index contributed by atoms with van der Waals surface area (Å²) in [5.74, 6) is 2.23. The molecular weight excluding hydrogens is 238 g/mol. The van der Waals surface area contributed by atoms with Crippen molar-refractivity contribution >= 4 is 0 Å². The van der Waals surface area contributed by atoms with Crippen LogP contribution in [0.5, 0.6) is 17.4 Å². The van der Waals surface area contributed by atoms with E-state index in [1.54, 1.807) is 13.3 Å². The van der Waals surface area contributed by atoms with Gasteiger partial charge in [0.05, 0.1) is 7.11 Å². The Morgan fingerprint density at radius 3 is 2.42 bits per heavy atom. The van der Waals surface area contributed by atoms with Crippen LogP contribution in [0.1, 0.15) is 26.3 Å². The molecule has 0 aliphatic heterocycles. The highest BCUT2D eigenvalue weighted by molar-refractivity contribution is 5.44. The first-order valence-corrected chi connectivity index (χ1v) is 6.28. The van der Waals surface area contributed by atoms with Crippen LogP contribution >= 0.6 is 0 Å². The third kappa shape index (κ3) is 3.25. The van der Waals surface area contributed by atoms with Crippen LogP contribution in [0.3, 0.4) is 0 Å². The minimum absolute atomic E-state index is 0.00513. The van der Waals surface area contributed by atoms with Crippen molar-refractivity contribution in [2.45, 2.75) is 26.2 Å². The molecule has 1 aromatic heterocycles. The van der Waals surface area contributed by atoms with Gasteiger partial charge in [0.2, 0.25) is 5.88 Å². The lowest BCUT2D eigenvalue weighted by Gasteiger charge is -2.22. The number of methoxy groups -OCH3 is 1. The van der Waals surface area contributed by atoms with Gasteiger partial charge in [0.25, 0.3) is 0 Å². The molecule has 0 amide bonds. The van der Waals surface area contributed by atoms with E-state index >= 15 is 0 Å². The highest BCUT2D eigenvalue weighted by atomic mass is 16.5. The monoisotopic (exact) mass is 257 g/mol. The Labute approximate surface area is 114 Å². The van der Waals surface area contributed by atoms with E-state index in [4.69, 9.17) is 9.47 Å². The predicted octanol–water partition coefficient (Wildman–Crippen LogP) is 4.18. The summed E-state index contributed by atoms with van der Waals surface area (Å²) in [6.45, 7) is 6.44. The van der Waals surface area contributed by atoms with E-state index in [0.29, 0.717) is 5.88 Å². The molecule has 0 fully saturated rings. The van der Waals surface area contributed by atoms with Gasteiger partial charge in [-0.1, -0.05) is 26.8 Å². The minimum Gasteiger partial charge on any atom is -0.496 e. The van der Waals surface area contributed by atoms with Crippen molar-refractivity contribution in [3.8, 4) is 17.4 Å². The van der Waals surface area contributed by atoms with Crippen molar-refractivity contribution in [2.75, 3.05) is 7.11 Å². The number of nitrogens with zero attached hydrogens (tertiary/aromatic N) is 1. The molecule has 0 atom stereocenters. The fourth-order valence-electron chi connectivity index (χ4n) is 1.86. The van der Waals surface area contributed by atoms with E-state index in [-0.39, 0.29) is 5.41 Å². The Balaban J connectivity index is 2.33. The Bertz CT molecular complexity index is 544. The normalized spacial score (nSPS) is 11.2. The summed E-state index contributed by atoms with van der Waals surface area (Å²) in [4.78, 5) is 4.15. The Morgan fingerprint density at radius 1 is 1.05 bits per heavy atom.